The summed E-state index contributed by atoms with van der Waals surface area (Å²) in [6.07, 6.45) is 1.80. The van der Waals surface area contributed by atoms with Gasteiger partial charge in [-0.3, -0.25) is 9.59 Å². The van der Waals surface area contributed by atoms with E-state index in [4.69, 9.17) is 0 Å². The normalized spacial score (nSPS) is 10.7. The molecule has 29 heavy (non-hydrogen) atoms. The maximum absolute atomic E-state index is 13.0. The number of aryl methyl sites for hydroxylation is 1. The third-order valence-corrected chi connectivity index (χ3v) is 5.16. The van der Waals surface area contributed by atoms with E-state index in [0.29, 0.717) is 23.1 Å². The molecule has 1 heterocycles. The molecule has 5 nitrogen and oxygen atoms in total. The van der Waals surface area contributed by atoms with Crippen molar-refractivity contribution in [3.8, 4) is 0 Å². The zero-order valence-electron chi connectivity index (χ0n) is 15.9. The molecule has 3 aromatic rings. The first-order valence-corrected chi connectivity index (χ1v) is 10.4. The number of rotatable bonds is 9. The summed E-state index contributed by atoms with van der Waals surface area (Å²) in [6.45, 7) is 0.573. The maximum Gasteiger partial charge on any atom is 0.251 e. The second-order valence-corrected chi connectivity index (χ2v) is 7.54. The van der Waals surface area contributed by atoms with Crippen LogP contribution in [0.4, 0.5) is 4.39 Å². The van der Waals surface area contributed by atoms with E-state index in [2.05, 4.69) is 27.4 Å². The maximum atomic E-state index is 13.0. The van der Waals surface area contributed by atoms with E-state index >= 15 is 0 Å². The van der Waals surface area contributed by atoms with E-state index in [0.717, 1.165) is 18.4 Å². The van der Waals surface area contributed by atoms with E-state index in [1.165, 1.54) is 35.5 Å². The molecule has 0 aliphatic rings. The second-order valence-electron chi connectivity index (χ2n) is 6.57. The number of hydrogen-bond donors (Lipinski definition) is 2. The van der Waals surface area contributed by atoms with E-state index in [1.54, 1.807) is 12.1 Å². The van der Waals surface area contributed by atoms with Crippen molar-refractivity contribution >= 4 is 17.7 Å². The van der Waals surface area contributed by atoms with Gasteiger partial charge < -0.3 is 10.3 Å². The summed E-state index contributed by atoms with van der Waals surface area (Å²) in [7, 11) is 0. The first-order valence-electron chi connectivity index (χ1n) is 9.36. The van der Waals surface area contributed by atoms with Crippen LogP contribution < -0.4 is 10.9 Å². The van der Waals surface area contributed by atoms with E-state index in [-0.39, 0.29) is 23.7 Å². The molecule has 1 aromatic heterocycles. The van der Waals surface area contributed by atoms with Gasteiger partial charge in [0.1, 0.15) is 5.82 Å². The summed E-state index contributed by atoms with van der Waals surface area (Å²) < 4.78 is 13.0. The van der Waals surface area contributed by atoms with Crippen molar-refractivity contribution in [1.29, 1.82) is 0 Å². The smallest absolute Gasteiger partial charge is 0.251 e. The Morgan fingerprint density at radius 3 is 2.59 bits per heavy atom. The van der Waals surface area contributed by atoms with Crippen molar-refractivity contribution in [3.05, 3.63) is 93.7 Å². The number of thioether (sulfide) groups is 1. The number of carbonyl (C=O) groups excluding carboxylic acids is 1. The van der Waals surface area contributed by atoms with Crippen molar-refractivity contribution in [2.45, 2.75) is 30.2 Å². The number of H-pyrrole nitrogens is 1. The Hall–Kier alpha value is -2.93. The van der Waals surface area contributed by atoms with Crippen molar-refractivity contribution in [3.63, 3.8) is 0 Å². The molecule has 7 heteroatoms. The van der Waals surface area contributed by atoms with Crippen LogP contribution in [0.15, 0.2) is 70.6 Å². The fraction of sp³-hybridized carbons (Fsp3) is 0.227. The standard InChI is InChI=1S/C22H22FN3O2S/c23-18-10-8-17(9-11-18)15-29-22-25-19(14-21(28)26-22)13-20(27)24-12-4-7-16-5-2-1-3-6-16/h1-3,5-6,8-11,14H,4,7,12-13,15H2,(H,24,27)(H,25,26,28). The molecule has 0 radical (unpaired) electrons. The lowest BCUT2D eigenvalue weighted by Gasteiger charge is -2.07. The highest BCUT2D eigenvalue weighted by molar-refractivity contribution is 7.98. The predicted molar refractivity (Wildman–Crippen MR) is 112 cm³/mol. The van der Waals surface area contributed by atoms with Gasteiger partial charge in [-0.25, -0.2) is 9.37 Å². The van der Waals surface area contributed by atoms with Gasteiger partial charge in [0.25, 0.3) is 5.56 Å². The number of nitrogens with one attached hydrogen (secondary N) is 2. The van der Waals surface area contributed by atoms with E-state index < -0.39 is 0 Å². The fourth-order valence-corrected chi connectivity index (χ4v) is 3.62. The molecule has 0 unspecified atom stereocenters. The van der Waals surface area contributed by atoms with Gasteiger partial charge in [-0.2, -0.15) is 0 Å². The predicted octanol–water partition coefficient (Wildman–Crippen LogP) is 3.49. The van der Waals surface area contributed by atoms with E-state index in [9.17, 15) is 14.0 Å². The Morgan fingerprint density at radius 1 is 1.07 bits per heavy atom. The zero-order valence-corrected chi connectivity index (χ0v) is 16.7. The van der Waals surface area contributed by atoms with Gasteiger partial charge in [-0.1, -0.05) is 54.2 Å². The summed E-state index contributed by atoms with van der Waals surface area (Å²) >= 11 is 1.33. The van der Waals surface area contributed by atoms with Gasteiger partial charge in [-0.15, -0.1) is 0 Å². The van der Waals surface area contributed by atoms with Crippen LogP contribution in [-0.4, -0.2) is 22.4 Å². The first-order chi connectivity index (χ1) is 14.1. The Bertz CT molecular complexity index is 991. The molecule has 2 aromatic carbocycles. The summed E-state index contributed by atoms with van der Waals surface area (Å²) in [5.41, 5.74) is 2.28. The molecule has 0 spiro atoms. The number of aromatic nitrogens is 2. The Balaban J connectivity index is 1.47. The lowest BCUT2D eigenvalue weighted by atomic mass is 10.1. The molecule has 0 saturated carbocycles. The average Bonchev–Trinajstić information content (AvgIpc) is 2.71. The largest absolute Gasteiger partial charge is 0.356 e. The summed E-state index contributed by atoms with van der Waals surface area (Å²) in [5.74, 6) is 0.0888. The topological polar surface area (TPSA) is 74.8 Å². The second kappa shape index (κ2) is 10.6. The molecule has 1 amide bonds. The van der Waals surface area contributed by atoms with Crippen molar-refractivity contribution < 1.29 is 9.18 Å². The lowest BCUT2D eigenvalue weighted by Crippen LogP contribution is -2.27. The Kier molecular flexibility index (Phi) is 7.58. The van der Waals surface area contributed by atoms with Crippen LogP contribution in [0.25, 0.3) is 0 Å². The van der Waals surface area contributed by atoms with Gasteiger partial charge in [0.2, 0.25) is 5.91 Å². The van der Waals surface area contributed by atoms with Crippen LogP contribution in [0.3, 0.4) is 0 Å². The third kappa shape index (κ3) is 7.19. The van der Waals surface area contributed by atoms with Crippen LogP contribution in [-0.2, 0) is 23.4 Å². The van der Waals surface area contributed by atoms with Gasteiger partial charge in [0, 0.05) is 18.4 Å². The highest BCUT2D eigenvalue weighted by Gasteiger charge is 2.08. The molecule has 2 N–H and O–H groups in total. The van der Waals surface area contributed by atoms with Gasteiger partial charge >= 0.3 is 0 Å². The van der Waals surface area contributed by atoms with Crippen molar-refractivity contribution in [2.75, 3.05) is 6.54 Å². The quantitative estimate of drug-likeness (QED) is 0.321. The number of carbonyl (C=O) groups is 1. The molecule has 0 bridgehead atoms. The lowest BCUT2D eigenvalue weighted by molar-refractivity contribution is -0.120. The third-order valence-electron chi connectivity index (χ3n) is 4.21. The van der Waals surface area contributed by atoms with Crippen LogP contribution in [0.5, 0.6) is 0 Å². The molecule has 150 valence electrons. The van der Waals surface area contributed by atoms with Gasteiger partial charge in [0.15, 0.2) is 5.16 Å². The number of hydrogen-bond acceptors (Lipinski definition) is 4. The highest BCUT2D eigenvalue weighted by Crippen LogP contribution is 2.18. The molecule has 0 saturated heterocycles. The summed E-state index contributed by atoms with van der Waals surface area (Å²) in [4.78, 5) is 31.0. The zero-order chi connectivity index (χ0) is 20.5. The summed E-state index contributed by atoms with van der Waals surface area (Å²) in [5, 5.41) is 3.31. The van der Waals surface area contributed by atoms with Crippen LogP contribution in [0.2, 0.25) is 0 Å². The fourth-order valence-electron chi connectivity index (χ4n) is 2.77. The minimum absolute atomic E-state index is 0.0549. The molecule has 3 rings (SSSR count). The molecule has 0 fully saturated rings. The molecular weight excluding hydrogens is 389 g/mol. The van der Waals surface area contributed by atoms with Crippen molar-refractivity contribution in [1.82, 2.24) is 15.3 Å². The van der Waals surface area contributed by atoms with Crippen LogP contribution in [0.1, 0.15) is 23.2 Å². The Labute approximate surface area is 172 Å². The number of amides is 1. The molecule has 0 aliphatic heterocycles. The van der Waals surface area contributed by atoms with Crippen LogP contribution in [0, 0.1) is 5.82 Å². The van der Waals surface area contributed by atoms with Gasteiger partial charge in [-0.05, 0) is 36.1 Å². The SMILES string of the molecule is O=C(Cc1cc(=O)[nH]c(SCc2ccc(F)cc2)n1)NCCCc1ccccc1. The molecule has 0 atom stereocenters. The number of nitrogens with zero attached hydrogens (tertiary/aromatic N) is 1. The van der Waals surface area contributed by atoms with Gasteiger partial charge in [0.05, 0.1) is 12.1 Å². The summed E-state index contributed by atoms with van der Waals surface area (Å²) in [6, 6.07) is 17.6. The number of benzene rings is 2. The monoisotopic (exact) mass is 411 g/mol. The van der Waals surface area contributed by atoms with E-state index in [1.807, 2.05) is 18.2 Å². The van der Waals surface area contributed by atoms with Crippen molar-refractivity contribution in [2.24, 2.45) is 0 Å². The number of halogens is 1. The highest BCUT2D eigenvalue weighted by atomic mass is 32.2. The minimum atomic E-state index is -0.298. The average molecular weight is 412 g/mol. The number of aromatic amines is 1. The molecule has 0 aliphatic carbocycles. The first kappa shape index (κ1) is 20.8. The molecular formula is C22H22FN3O2S. The van der Waals surface area contributed by atoms with Crippen LogP contribution >= 0.6 is 11.8 Å². The Morgan fingerprint density at radius 2 is 1.83 bits per heavy atom. The minimum Gasteiger partial charge on any atom is -0.356 e.